The number of thioether (sulfide) groups is 1. The number of nitro benzene ring substituents is 1. The monoisotopic (exact) mass is 479 g/mol. The predicted molar refractivity (Wildman–Crippen MR) is 126 cm³/mol. The number of rotatable bonds is 11. The lowest BCUT2D eigenvalue weighted by molar-refractivity contribution is -0.384. The molecule has 174 valence electrons. The van der Waals surface area contributed by atoms with Crippen LogP contribution in [0.3, 0.4) is 0 Å². The summed E-state index contributed by atoms with van der Waals surface area (Å²) >= 11 is 1.23. The molecule has 0 spiro atoms. The SMILES string of the molecule is O=C(O)CCC(=O)c1ccc(SC(CC(=O)c2ccccc2)c2cccc([N+](=O)[O-])c2)cc1O. The molecule has 34 heavy (non-hydrogen) atoms. The van der Waals surface area contributed by atoms with Crippen molar-refractivity contribution in [3.05, 3.63) is 99.6 Å². The number of ketones is 2. The molecule has 0 fully saturated rings. The highest BCUT2D eigenvalue weighted by molar-refractivity contribution is 7.99. The van der Waals surface area contributed by atoms with E-state index in [1.54, 1.807) is 48.5 Å². The summed E-state index contributed by atoms with van der Waals surface area (Å²) in [5.41, 5.74) is 1.00. The van der Waals surface area contributed by atoms with E-state index in [-0.39, 0.29) is 42.0 Å². The Morgan fingerprint density at radius 3 is 2.29 bits per heavy atom. The van der Waals surface area contributed by atoms with E-state index < -0.39 is 21.9 Å². The van der Waals surface area contributed by atoms with Crippen molar-refractivity contribution in [3.63, 3.8) is 0 Å². The molecule has 3 aromatic rings. The highest BCUT2D eigenvalue weighted by atomic mass is 32.2. The molecule has 0 radical (unpaired) electrons. The number of nitro groups is 1. The van der Waals surface area contributed by atoms with Crippen LogP contribution in [-0.2, 0) is 4.79 Å². The maximum absolute atomic E-state index is 12.9. The fraction of sp³-hybridized carbons (Fsp3) is 0.160. The minimum absolute atomic E-state index is 0.0119. The second kappa shape index (κ2) is 11.2. The van der Waals surface area contributed by atoms with Crippen molar-refractivity contribution < 1.29 is 29.5 Å². The van der Waals surface area contributed by atoms with Crippen molar-refractivity contribution in [2.75, 3.05) is 0 Å². The fourth-order valence-corrected chi connectivity index (χ4v) is 4.49. The predicted octanol–water partition coefficient (Wildman–Crippen LogP) is 5.45. The molecule has 0 aliphatic heterocycles. The van der Waals surface area contributed by atoms with Crippen molar-refractivity contribution in [2.24, 2.45) is 0 Å². The van der Waals surface area contributed by atoms with Gasteiger partial charge in [0, 0.05) is 40.7 Å². The van der Waals surface area contributed by atoms with E-state index in [0.717, 1.165) is 0 Å². The zero-order valence-electron chi connectivity index (χ0n) is 17.9. The number of aromatic hydroxyl groups is 1. The molecule has 3 rings (SSSR count). The topological polar surface area (TPSA) is 135 Å². The van der Waals surface area contributed by atoms with Crippen LogP contribution >= 0.6 is 11.8 Å². The van der Waals surface area contributed by atoms with Gasteiger partial charge in [-0.3, -0.25) is 24.5 Å². The van der Waals surface area contributed by atoms with Crippen LogP contribution in [0.15, 0.2) is 77.7 Å². The van der Waals surface area contributed by atoms with E-state index in [2.05, 4.69) is 0 Å². The Hall–Kier alpha value is -3.98. The molecule has 0 aliphatic carbocycles. The van der Waals surface area contributed by atoms with Gasteiger partial charge in [-0.25, -0.2) is 0 Å². The van der Waals surface area contributed by atoms with Gasteiger partial charge in [-0.2, -0.15) is 0 Å². The average molecular weight is 480 g/mol. The summed E-state index contributed by atoms with van der Waals surface area (Å²) in [6.07, 6.45) is -0.529. The smallest absolute Gasteiger partial charge is 0.303 e. The number of benzene rings is 3. The van der Waals surface area contributed by atoms with E-state index in [0.29, 0.717) is 16.0 Å². The van der Waals surface area contributed by atoms with E-state index in [1.807, 2.05) is 0 Å². The van der Waals surface area contributed by atoms with Gasteiger partial charge in [0.15, 0.2) is 11.6 Å². The van der Waals surface area contributed by atoms with Crippen molar-refractivity contribution >= 4 is 35.0 Å². The third-order valence-corrected chi connectivity index (χ3v) is 6.28. The normalized spacial score (nSPS) is 11.5. The molecule has 0 amide bonds. The zero-order chi connectivity index (χ0) is 24.7. The second-order valence-electron chi connectivity index (χ2n) is 7.45. The molecule has 1 atom stereocenters. The number of carboxylic acids is 1. The summed E-state index contributed by atoms with van der Waals surface area (Å²) in [4.78, 5) is 47.1. The second-order valence-corrected chi connectivity index (χ2v) is 8.72. The van der Waals surface area contributed by atoms with Gasteiger partial charge >= 0.3 is 5.97 Å². The molecule has 0 bridgehead atoms. The molecule has 1 unspecified atom stereocenters. The van der Waals surface area contributed by atoms with Crippen molar-refractivity contribution in [1.82, 2.24) is 0 Å². The van der Waals surface area contributed by atoms with E-state index in [9.17, 15) is 29.6 Å². The van der Waals surface area contributed by atoms with Crippen LogP contribution in [0.2, 0.25) is 0 Å². The van der Waals surface area contributed by atoms with Gasteiger partial charge in [-0.1, -0.05) is 42.5 Å². The minimum atomic E-state index is -1.11. The lowest BCUT2D eigenvalue weighted by Gasteiger charge is -2.17. The minimum Gasteiger partial charge on any atom is -0.507 e. The third kappa shape index (κ3) is 6.52. The average Bonchev–Trinajstić information content (AvgIpc) is 2.82. The van der Waals surface area contributed by atoms with Gasteiger partial charge in [-0.05, 0) is 23.8 Å². The van der Waals surface area contributed by atoms with Crippen molar-refractivity contribution in [3.8, 4) is 5.75 Å². The Bertz CT molecular complexity index is 1230. The highest BCUT2D eigenvalue weighted by Gasteiger charge is 2.22. The summed E-state index contributed by atoms with van der Waals surface area (Å²) in [6, 6.07) is 19.1. The number of hydrogen-bond acceptors (Lipinski definition) is 7. The first kappa shape index (κ1) is 24.7. The fourth-order valence-electron chi connectivity index (χ4n) is 3.32. The largest absolute Gasteiger partial charge is 0.507 e. The number of carboxylic acid groups (broad SMARTS) is 1. The van der Waals surface area contributed by atoms with Gasteiger partial charge < -0.3 is 10.2 Å². The Morgan fingerprint density at radius 2 is 1.65 bits per heavy atom. The van der Waals surface area contributed by atoms with Gasteiger partial charge in [0.2, 0.25) is 0 Å². The Morgan fingerprint density at radius 1 is 0.912 bits per heavy atom. The molecule has 9 heteroatoms. The summed E-state index contributed by atoms with van der Waals surface area (Å²) in [7, 11) is 0. The molecule has 0 aromatic heterocycles. The zero-order valence-corrected chi connectivity index (χ0v) is 18.7. The Balaban J connectivity index is 1.88. The van der Waals surface area contributed by atoms with Crippen molar-refractivity contribution in [1.29, 1.82) is 0 Å². The lowest BCUT2D eigenvalue weighted by Crippen LogP contribution is -2.06. The summed E-state index contributed by atoms with van der Waals surface area (Å²) in [5.74, 6) is -2.05. The molecular weight excluding hydrogens is 458 g/mol. The third-order valence-electron chi connectivity index (χ3n) is 5.03. The maximum Gasteiger partial charge on any atom is 0.303 e. The molecule has 3 aromatic carbocycles. The van der Waals surface area contributed by atoms with Crippen LogP contribution in [0.4, 0.5) is 5.69 Å². The summed E-state index contributed by atoms with van der Waals surface area (Å²) in [5, 5.41) is 29.8. The summed E-state index contributed by atoms with van der Waals surface area (Å²) < 4.78 is 0. The number of carbonyl (C=O) groups is 3. The molecule has 8 nitrogen and oxygen atoms in total. The first-order valence-corrected chi connectivity index (χ1v) is 11.2. The van der Waals surface area contributed by atoms with Crippen molar-refractivity contribution in [2.45, 2.75) is 29.4 Å². The number of non-ortho nitro benzene ring substituents is 1. The van der Waals surface area contributed by atoms with Gasteiger partial charge in [0.25, 0.3) is 5.69 Å². The van der Waals surface area contributed by atoms with Gasteiger partial charge in [-0.15, -0.1) is 11.8 Å². The molecule has 0 saturated heterocycles. The highest BCUT2D eigenvalue weighted by Crippen LogP contribution is 2.41. The van der Waals surface area contributed by atoms with Crippen LogP contribution in [0.5, 0.6) is 5.75 Å². The van der Waals surface area contributed by atoms with Crippen LogP contribution in [0.25, 0.3) is 0 Å². The van der Waals surface area contributed by atoms with E-state index >= 15 is 0 Å². The number of phenols is 1. The number of aliphatic carboxylic acids is 1. The van der Waals surface area contributed by atoms with Crippen LogP contribution in [-0.4, -0.2) is 32.7 Å². The number of hydrogen-bond donors (Lipinski definition) is 2. The number of nitrogens with zero attached hydrogens (tertiary/aromatic N) is 1. The molecule has 0 heterocycles. The number of carbonyl (C=O) groups excluding carboxylic acids is 2. The Labute approximate surface area is 199 Å². The summed E-state index contributed by atoms with van der Waals surface area (Å²) in [6.45, 7) is 0. The van der Waals surface area contributed by atoms with Gasteiger partial charge in [0.1, 0.15) is 5.75 Å². The van der Waals surface area contributed by atoms with Crippen LogP contribution < -0.4 is 0 Å². The number of Topliss-reactive ketones (excluding diaryl/α,β-unsaturated/α-hetero) is 2. The molecule has 0 aliphatic rings. The first-order valence-electron chi connectivity index (χ1n) is 10.3. The standard InChI is InChI=1S/C25H21NO7S/c27-21(11-12-25(30)31)20-10-9-19(14-23(20)29)34-24(15-22(28)16-5-2-1-3-6-16)17-7-4-8-18(13-17)26(32)33/h1-10,13-14,24,29H,11-12,15H2,(H,30,31). The maximum atomic E-state index is 12.9. The molecule has 0 saturated carbocycles. The van der Waals surface area contributed by atoms with Crippen LogP contribution in [0, 0.1) is 10.1 Å². The number of phenolic OH excluding ortho intramolecular Hbond substituents is 1. The lowest BCUT2D eigenvalue weighted by atomic mass is 10.0. The van der Waals surface area contributed by atoms with Crippen LogP contribution in [0.1, 0.15) is 50.8 Å². The Kier molecular flexibility index (Phi) is 8.15. The van der Waals surface area contributed by atoms with Gasteiger partial charge in [0.05, 0.1) is 16.9 Å². The molecular formula is C25H21NO7S. The van der Waals surface area contributed by atoms with E-state index in [1.165, 1.54) is 36.0 Å². The molecule has 2 N–H and O–H groups in total. The van der Waals surface area contributed by atoms with E-state index in [4.69, 9.17) is 5.11 Å². The first-order chi connectivity index (χ1) is 16.2. The quantitative estimate of drug-likeness (QED) is 0.160.